The molecule has 0 heterocycles. The molecule has 0 aromatic heterocycles. The Balaban J connectivity index is 2.02. The fourth-order valence-electron chi connectivity index (χ4n) is 3.11. The van der Waals surface area contributed by atoms with E-state index in [-0.39, 0.29) is 0 Å². The zero-order valence-corrected chi connectivity index (χ0v) is 11.8. The highest BCUT2D eigenvalue weighted by molar-refractivity contribution is 5.91. The first kappa shape index (κ1) is 12.2. The van der Waals surface area contributed by atoms with Crippen LogP contribution in [0.5, 0.6) is 0 Å². The van der Waals surface area contributed by atoms with Crippen LogP contribution in [0.3, 0.4) is 0 Å². The number of hydrogen-bond donors (Lipinski definition) is 0. The summed E-state index contributed by atoms with van der Waals surface area (Å²) >= 11 is 0. The van der Waals surface area contributed by atoms with Crippen molar-refractivity contribution in [2.45, 2.75) is 6.42 Å². The predicted molar refractivity (Wildman–Crippen MR) is 90.1 cm³/mol. The predicted octanol–water partition coefficient (Wildman–Crippen LogP) is 5.59. The van der Waals surface area contributed by atoms with Gasteiger partial charge in [-0.2, -0.15) is 0 Å². The highest BCUT2D eigenvalue weighted by Crippen LogP contribution is 2.39. The van der Waals surface area contributed by atoms with E-state index in [0.29, 0.717) is 0 Å². The van der Waals surface area contributed by atoms with Crippen molar-refractivity contribution in [2.75, 3.05) is 0 Å². The van der Waals surface area contributed by atoms with Crippen LogP contribution < -0.4 is 0 Å². The van der Waals surface area contributed by atoms with E-state index in [0.717, 1.165) is 6.42 Å². The molecule has 0 spiro atoms. The Kier molecular flexibility index (Phi) is 2.93. The van der Waals surface area contributed by atoms with E-state index in [1.807, 2.05) is 0 Å². The van der Waals surface area contributed by atoms with Gasteiger partial charge in [-0.1, -0.05) is 84.9 Å². The van der Waals surface area contributed by atoms with Crippen LogP contribution in [0.2, 0.25) is 0 Å². The lowest BCUT2D eigenvalue weighted by molar-refractivity contribution is 1.31. The molecule has 0 amide bonds. The van der Waals surface area contributed by atoms with E-state index in [9.17, 15) is 0 Å². The number of rotatable bonds is 2. The lowest BCUT2D eigenvalue weighted by atomic mass is 9.89. The smallest absolute Gasteiger partial charge is 0.00301 e. The van der Waals surface area contributed by atoms with Gasteiger partial charge < -0.3 is 0 Å². The van der Waals surface area contributed by atoms with Gasteiger partial charge in [0.15, 0.2) is 0 Å². The van der Waals surface area contributed by atoms with Crippen molar-refractivity contribution in [1.82, 2.24) is 0 Å². The molecule has 1 aliphatic rings. The van der Waals surface area contributed by atoms with Crippen LogP contribution in [-0.4, -0.2) is 0 Å². The SMILES string of the molecule is C1=Cc2c(ccc(-c3ccccc3)c2-c2ccccc2)C1. The Morgan fingerprint density at radius 3 is 2.00 bits per heavy atom. The van der Waals surface area contributed by atoms with Gasteiger partial charge in [-0.15, -0.1) is 0 Å². The third kappa shape index (κ3) is 2.09. The van der Waals surface area contributed by atoms with Crippen LogP contribution >= 0.6 is 0 Å². The van der Waals surface area contributed by atoms with E-state index >= 15 is 0 Å². The van der Waals surface area contributed by atoms with E-state index in [2.05, 4.69) is 84.9 Å². The normalized spacial score (nSPS) is 12.4. The van der Waals surface area contributed by atoms with Crippen LogP contribution in [0.25, 0.3) is 28.3 Å². The first-order chi connectivity index (χ1) is 10.4. The summed E-state index contributed by atoms with van der Waals surface area (Å²) < 4.78 is 0. The zero-order valence-electron chi connectivity index (χ0n) is 11.8. The van der Waals surface area contributed by atoms with Crippen LogP contribution in [0.15, 0.2) is 78.9 Å². The van der Waals surface area contributed by atoms with Crippen molar-refractivity contribution in [2.24, 2.45) is 0 Å². The fourth-order valence-corrected chi connectivity index (χ4v) is 3.11. The van der Waals surface area contributed by atoms with Crippen molar-refractivity contribution < 1.29 is 0 Å². The molecule has 0 atom stereocenters. The average molecular weight is 268 g/mol. The maximum Gasteiger partial charge on any atom is -0.00301 e. The van der Waals surface area contributed by atoms with E-state index in [1.165, 1.54) is 33.4 Å². The van der Waals surface area contributed by atoms with Crippen LogP contribution in [-0.2, 0) is 6.42 Å². The van der Waals surface area contributed by atoms with Gasteiger partial charge in [0.25, 0.3) is 0 Å². The second kappa shape index (κ2) is 5.06. The first-order valence-electron chi connectivity index (χ1n) is 7.37. The Labute approximate surface area is 125 Å². The van der Waals surface area contributed by atoms with E-state index in [1.54, 1.807) is 0 Å². The molecule has 0 saturated carbocycles. The molecule has 0 heteroatoms. The molecule has 0 fully saturated rings. The maximum atomic E-state index is 2.27. The third-order valence-corrected chi connectivity index (χ3v) is 4.11. The largest absolute Gasteiger partial charge is 0.0795 e. The highest BCUT2D eigenvalue weighted by Gasteiger charge is 2.16. The quantitative estimate of drug-likeness (QED) is 0.568. The van der Waals surface area contributed by atoms with Gasteiger partial charge in [0.2, 0.25) is 0 Å². The molecule has 0 nitrogen and oxygen atoms in total. The van der Waals surface area contributed by atoms with Gasteiger partial charge in [0, 0.05) is 0 Å². The standard InChI is InChI=1S/C21H16/c1-3-8-16(9-4-1)20-15-14-17-12-7-13-19(17)21(20)18-10-5-2-6-11-18/h1-11,13-15H,12H2. The van der Waals surface area contributed by atoms with Crippen molar-refractivity contribution in [1.29, 1.82) is 0 Å². The molecule has 0 radical (unpaired) electrons. The van der Waals surface area contributed by atoms with Crippen molar-refractivity contribution in [3.05, 3.63) is 90.0 Å². The number of hydrogen-bond acceptors (Lipinski definition) is 0. The molecular weight excluding hydrogens is 252 g/mol. The Morgan fingerprint density at radius 1 is 0.619 bits per heavy atom. The van der Waals surface area contributed by atoms with Gasteiger partial charge in [-0.25, -0.2) is 0 Å². The molecule has 100 valence electrons. The lowest BCUT2D eigenvalue weighted by Gasteiger charge is -2.15. The second-order valence-corrected chi connectivity index (χ2v) is 5.40. The molecule has 0 aliphatic heterocycles. The van der Waals surface area contributed by atoms with Gasteiger partial charge >= 0.3 is 0 Å². The van der Waals surface area contributed by atoms with Crippen LogP contribution in [0.1, 0.15) is 11.1 Å². The average Bonchev–Trinajstić information content (AvgIpc) is 3.04. The summed E-state index contributed by atoms with van der Waals surface area (Å²) in [4.78, 5) is 0. The second-order valence-electron chi connectivity index (χ2n) is 5.40. The Hall–Kier alpha value is -2.60. The van der Waals surface area contributed by atoms with Crippen LogP contribution in [0, 0.1) is 0 Å². The van der Waals surface area contributed by atoms with Crippen molar-refractivity contribution >= 4 is 6.08 Å². The Morgan fingerprint density at radius 2 is 1.29 bits per heavy atom. The molecule has 0 N–H and O–H groups in total. The summed E-state index contributed by atoms with van der Waals surface area (Å²) in [6.07, 6.45) is 5.57. The first-order valence-corrected chi connectivity index (χ1v) is 7.37. The molecule has 4 rings (SSSR count). The Bertz CT molecular complexity index is 796. The maximum absolute atomic E-state index is 2.27. The van der Waals surface area contributed by atoms with Crippen molar-refractivity contribution in [3.8, 4) is 22.3 Å². The topological polar surface area (TPSA) is 0 Å². The summed E-state index contributed by atoms with van der Waals surface area (Å²) in [7, 11) is 0. The van der Waals surface area contributed by atoms with Crippen molar-refractivity contribution in [3.63, 3.8) is 0 Å². The number of fused-ring (bicyclic) bond motifs is 1. The molecule has 21 heavy (non-hydrogen) atoms. The number of benzene rings is 3. The molecule has 3 aromatic rings. The van der Waals surface area contributed by atoms with Gasteiger partial charge in [-0.05, 0) is 39.8 Å². The molecule has 3 aromatic carbocycles. The minimum atomic E-state index is 1.05. The lowest BCUT2D eigenvalue weighted by Crippen LogP contribution is -1.92. The molecule has 0 unspecified atom stereocenters. The molecular formula is C21H16. The summed E-state index contributed by atoms with van der Waals surface area (Å²) in [5.74, 6) is 0. The van der Waals surface area contributed by atoms with E-state index < -0.39 is 0 Å². The van der Waals surface area contributed by atoms with Gasteiger partial charge in [0.1, 0.15) is 0 Å². The summed E-state index contributed by atoms with van der Waals surface area (Å²) in [5, 5.41) is 0. The fraction of sp³-hybridized carbons (Fsp3) is 0.0476. The molecule has 0 saturated heterocycles. The minimum absolute atomic E-state index is 1.05. The highest BCUT2D eigenvalue weighted by atomic mass is 14.2. The third-order valence-electron chi connectivity index (χ3n) is 4.11. The van der Waals surface area contributed by atoms with Gasteiger partial charge in [-0.3, -0.25) is 0 Å². The van der Waals surface area contributed by atoms with Crippen LogP contribution in [0.4, 0.5) is 0 Å². The summed E-state index contributed by atoms with van der Waals surface area (Å²) in [6.45, 7) is 0. The zero-order chi connectivity index (χ0) is 14.1. The minimum Gasteiger partial charge on any atom is -0.0795 e. The monoisotopic (exact) mass is 268 g/mol. The van der Waals surface area contributed by atoms with E-state index in [4.69, 9.17) is 0 Å². The summed E-state index contributed by atoms with van der Waals surface area (Å²) in [6, 6.07) is 25.9. The summed E-state index contributed by atoms with van der Waals surface area (Å²) in [5.41, 5.74) is 8.04. The van der Waals surface area contributed by atoms with Gasteiger partial charge in [0.05, 0.1) is 0 Å². The molecule has 1 aliphatic carbocycles. The molecule has 0 bridgehead atoms. The number of allylic oxidation sites excluding steroid dienone is 1.